The fourth-order valence-corrected chi connectivity index (χ4v) is 3.76. The van der Waals surface area contributed by atoms with Crippen LogP contribution in [0.2, 0.25) is 0 Å². The molecule has 2 fully saturated rings. The quantitative estimate of drug-likeness (QED) is 0.551. The molecule has 26 heavy (non-hydrogen) atoms. The van der Waals surface area contributed by atoms with Gasteiger partial charge in [-0.15, -0.1) is 0 Å². The molecule has 0 unspecified atom stereocenters. The second-order valence-electron chi connectivity index (χ2n) is 7.00. The number of unbranched alkanes of at least 4 members (excludes halogenated alkanes) is 1. The SMILES string of the molecule is COc1ccccc1N1CCN(CCCCN2C(=O)CCCC2=O)CC1. The number of carbonyl (C=O) groups is 2. The number of hydrogen-bond donors (Lipinski definition) is 0. The molecule has 0 spiro atoms. The number of hydrogen-bond acceptors (Lipinski definition) is 5. The van der Waals surface area contributed by atoms with Gasteiger partial charge >= 0.3 is 0 Å². The van der Waals surface area contributed by atoms with Crippen LogP contribution < -0.4 is 9.64 Å². The first-order valence-corrected chi connectivity index (χ1v) is 9.62. The second kappa shape index (κ2) is 9.03. The average molecular weight is 359 g/mol. The molecule has 142 valence electrons. The van der Waals surface area contributed by atoms with Gasteiger partial charge in [0.15, 0.2) is 0 Å². The standard InChI is InChI=1S/C20H29N3O3/c1-26-18-8-3-2-7-17(18)22-15-13-21(14-16-22)11-4-5-12-23-19(24)9-6-10-20(23)25/h2-3,7-8H,4-6,9-16H2,1H3. The first-order valence-electron chi connectivity index (χ1n) is 9.62. The van der Waals surface area contributed by atoms with E-state index in [4.69, 9.17) is 4.74 Å². The zero-order valence-corrected chi connectivity index (χ0v) is 15.7. The normalized spacial score (nSPS) is 19.1. The Kier molecular flexibility index (Phi) is 6.50. The number of ether oxygens (including phenoxy) is 1. The van der Waals surface area contributed by atoms with Gasteiger partial charge in [0.25, 0.3) is 0 Å². The molecule has 3 rings (SSSR count). The maximum atomic E-state index is 11.8. The Bertz CT molecular complexity index is 610. The maximum absolute atomic E-state index is 11.8. The smallest absolute Gasteiger partial charge is 0.229 e. The molecule has 1 aromatic carbocycles. The molecule has 2 aliphatic rings. The average Bonchev–Trinajstić information content (AvgIpc) is 2.67. The molecule has 2 heterocycles. The zero-order valence-electron chi connectivity index (χ0n) is 15.7. The summed E-state index contributed by atoms with van der Waals surface area (Å²) in [5.41, 5.74) is 1.16. The highest BCUT2D eigenvalue weighted by Crippen LogP contribution is 2.28. The van der Waals surface area contributed by atoms with Crippen LogP contribution in [0.4, 0.5) is 5.69 Å². The van der Waals surface area contributed by atoms with Gasteiger partial charge < -0.3 is 9.64 Å². The number of benzene rings is 1. The van der Waals surface area contributed by atoms with Crippen LogP contribution in [0.3, 0.4) is 0 Å². The van der Waals surface area contributed by atoms with Crippen LogP contribution in [0.1, 0.15) is 32.1 Å². The Hall–Kier alpha value is -2.08. The van der Waals surface area contributed by atoms with Gasteiger partial charge in [-0.2, -0.15) is 0 Å². The first-order chi connectivity index (χ1) is 12.7. The number of amides is 2. The van der Waals surface area contributed by atoms with Crippen molar-refractivity contribution in [2.75, 3.05) is 51.3 Å². The molecule has 0 bridgehead atoms. The van der Waals surface area contributed by atoms with Crippen molar-refractivity contribution in [3.8, 4) is 5.75 Å². The number of anilines is 1. The van der Waals surface area contributed by atoms with Crippen LogP contribution in [-0.2, 0) is 9.59 Å². The maximum Gasteiger partial charge on any atom is 0.229 e. The van der Waals surface area contributed by atoms with Crippen LogP contribution >= 0.6 is 0 Å². The largest absolute Gasteiger partial charge is 0.495 e. The lowest BCUT2D eigenvalue weighted by Gasteiger charge is -2.36. The molecule has 6 nitrogen and oxygen atoms in total. The number of carbonyl (C=O) groups excluding carboxylic acids is 2. The van der Waals surface area contributed by atoms with Crippen LogP contribution in [0, 0.1) is 0 Å². The summed E-state index contributed by atoms with van der Waals surface area (Å²) in [6, 6.07) is 8.16. The molecule has 1 aromatic rings. The highest BCUT2D eigenvalue weighted by molar-refractivity contribution is 5.97. The number of likely N-dealkylation sites (tertiary alicyclic amines) is 1. The third-order valence-corrected chi connectivity index (χ3v) is 5.29. The Labute approximate surface area is 155 Å². The van der Waals surface area contributed by atoms with Gasteiger partial charge in [-0.1, -0.05) is 12.1 Å². The van der Waals surface area contributed by atoms with E-state index in [1.807, 2.05) is 18.2 Å². The van der Waals surface area contributed by atoms with E-state index in [0.29, 0.717) is 25.8 Å². The van der Waals surface area contributed by atoms with E-state index in [-0.39, 0.29) is 11.8 Å². The van der Waals surface area contributed by atoms with Crippen LogP contribution in [-0.4, -0.2) is 68.0 Å². The summed E-state index contributed by atoms with van der Waals surface area (Å²) in [7, 11) is 1.72. The number of para-hydroxylation sites is 2. The molecule has 0 aromatic heterocycles. The molecule has 0 atom stereocenters. The summed E-state index contributed by atoms with van der Waals surface area (Å²) in [5.74, 6) is 0.940. The van der Waals surface area contributed by atoms with Gasteiger partial charge in [-0.05, 0) is 37.9 Å². The lowest BCUT2D eigenvalue weighted by Crippen LogP contribution is -2.47. The molecule has 6 heteroatoms. The minimum absolute atomic E-state index is 0.00618. The monoisotopic (exact) mass is 359 g/mol. The van der Waals surface area contributed by atoms with E-state index >= 15 is 0 Å². The molecular weight excluding hydrogens is 330 g/mol. The number of piperazine rings is 1. The fourth-order valence-electron chi connectivity index (χ4n) is 3.76. The molecule has 0 radical (unpaired) electrons. The lowest BCUT2D eigenvalue weighted by atomic mass is 10.1. The molecular formula is C20H29N3O3. The Morgan fingerprint density at radius 2 is 1.58 bits per heavy atom. The predicted molar refractivity (Wildman–Crippen MR) is 101 cm³/mol. The summed E-state index contributed by atoms with van der Waals surface area (Å²) in [6.45, 7) is 5.64. The van der Waals surface area contributed by atoms with Gasteiger partial charge in [-0.3, -0.25) is 19.4 Å². The van der Waals surface area contributed by atoms with E-state index in [0.717, 1.165) is 57.0 Å². The summed E-state index contributed by atoms with van der Waals surface area (Å²) >= 11 is 0. The van der Waals surface area contributed by atoms with Crippen molar-refractivity contribution in [1.82, 2.24) is 9.80 Å². The van der Waals surface area contributed by atoms with Crippen molar-refractivity contribution in [1.29, 1.82) is 0 Å². The Morgan fingerprint density at radius 1 is 0.923 bits per heavy atom. The Morgan fingerprint density at radius 3 is 2.27 bits per heavy atom. The van der Waals surface area contributed by atoms with Gasteiger partial charge in [0.05, 0.1) is 12.8 Å². The van der Waals surface area contributed by atoms with Crippen molar-refractivity contribution in [3.63, 3.8) is 0 Å². The third-order valence-electron chi connectivity index (χ3n) is 5.29. The molecule has 0 saturated carbocycles. The molecule has 2 aliphatic heterocycles. The minimum Gasteiger partial charge on any atom is -0.495 e. The Balaban J connectivity index is 1.38. The van der Waals surface area contributed by atoms with Crippen molar-refractivity contribution in [2.24, 2.45) is 0 Å². The van der Waals surface area contributed by atoms with Crippen LogP contribution in [0.25, 0.3) is 0 Å². The van der Waals surface area contributed by atoms with Crippen LogP contribution in [0.15, 0.2) is 24.3 Å². The highest BCUT2D eigenvalue weighted by atomic mass is 16.5. The summed E-state index contributed by atoms with van der Waals surface area (Å²) < 4.78 is 5.46. The topological polar surface area (TPSA) is 53.1 Å². The van der Waals surface area contributed by atoms with Crippen LogP contribution in [0.5, 0.6) is 5.75 Å². The number of rotatable bonds is 7. The van der Waals surface area contributed by atoms with E-state index in [1.54, 1.807) is 7.11 Å². The first kappa shape index (κ1) is 18.7. The molecule has 0 aliphatic carbocycles. The number of piperidine rings is 1. The van der Waals surface area contributed by atoms with Gasteiger partial charge in [-0.25, -0.2) is 0 Å². The summed E-state index contributed by atoms with van der Waals surface area (Å²) in [4.78, 5) is 29.9. The van der Waals surface area contributed by atoms with E-state index in [9.17, 15) is 9.59 Å². The number of methoxy groups -OCH3 is 1. The minimum atomic E-state index is 0.00618. The fraction of sp³-hybridized carbons (Fsp3) is 0.600. The predicted octanol–water partition coefficient (Wildman–Crippen LogP) is 2.14. The van der Waals surface area contributed by atoms with Crippen molar-refractivity contribution in [2.45, 2.75) is 32.1 Å². The number of imide groups is 1. The third kappa shape index (κ3) is 4.55. The molecule has 2 saturated heterocycles. The summed E-state index contributed by atoms with van der Waals surface area (Å²) in [5, 5.41) is 0. The van der Waals surface area contributed by atoms with E-state index < -0.39 is 0 Å². The molecule has 2 amide bonds. The summed E-state index contributed by atoms with van der Waals surface area (Å²) in [6.07, 6.45) is 3.67. The lowest BCUT2D eigenvalue weighted by molar-refractivity contribution is -0.148. The van der Waals surface area contributed by atoms with Gasteiger partial charge in [0, 0.05) is 45.6 Å². The van der Waals surface area contributed by atoms with E-state index in [1.165, 1.54) is 4.90 Å². The second-order valence-corrected chi connectivity index (χ2v) is 7.00. The molecule has 0 N–H and O–H groups in total. The highest BCUT2D eigenvalue weighted by Gasteiger charge is 2.25. The van der Waals surface area contributed by atoms with Crippen molar-refractivity contribution in [3.05, 3.63) is 24.3 Å². The van der Waals surface area contributed by atoms with Crippen molar-refractivity contribution >= 4 is 17.5 Å². The van der Waals surface area contributed by atoms with E-state index in [2.05, 4.69) is 15.9 Å². The van der Waals surface area contributed by atoms with Crippen molar-refractivity contribution < 1.29 is 14.3 Å². The van der Waals surface area contributed by atoms with Gasteiger partial charge in [0.1, 0.15) is 5.75 Å². The zero-order chi connectivity index (χ0) is 18.4. The number of nitrogens with zero attached hydrogens (tertiary/aromatic N) is 3. The van der Waals surface area contributed by atoms with Gasteiger partial charge in [0.2, 0.25) is 11.8 Å².